The Labute approximate surface area is 109 Å². The van der Waals surface area contributed by atoms with Gasteiger partial charge in [-0.1, -0.05) is 60.7 Å². The van der Waals surface area contributed by atoms with Crippen LogP contribution >= 0.6 is 0 Å². The van der Waals surface area contributed by atoms with Gasteiger partial charge in [0.1, 0.15) is 0 Å². The predicted octanol–water partition coefficient (Wildman–Crippen LogP) is 2.95. The van der Waals surface area contributed by atoms with Gasteiger partial charge in [0.2, 0.25) is 0 Å². The Hall–Kier alpha value is -1.64. The van der Waals surface area contributed by atoms with Crippen molar-refractivity contribution in [1.29, 1.82) is 0 Å². The summed E-state index contributed by atoms with van der Waals surface area (Å²) in [5, 5.41) is 0. The Morgan fingerprint density at radius 1 is 0.944 bits per heavy atom. The third-order valence-corrected chi connectivity index (χ3v) is 3.30. The fourth-order valence-corrected chi connectivity index (χ4v) is 2.21. The topological polar surface area (TPSA) is 52.0 Å². The van der Waals surface area contributed by atoms with E-state index in [1.54, 1.807) is 0 Å². The molecule has 0 aliphatic carbocycles. The molecule has 2 rings (SSSR count). The molecule has 0 spiro atoms. The van der Waals surface area contributed by atoms with Gasteiger partial charge in [0.05, 0.1) is 0 Å². The van der Waals surface area contributed by atoms with Crippen LogP contribution in [0.3, 0.4) is 0 Å². The zero-order valence-electron chi connectivity index (χ0n) is 10.7. The van der Waals surface area contributed by atoms with Gasteiger partial charge in [-0.25, -0.2) is 0 Å². The first kappa shape index (κ1) is 12.8. The van der Waals surface area contributed by atoms with E-state index in [0.29, 0.717) is 0 Å². The molecule has 18 heavy (non-hydrogen) atoms. The molecule has 2 atom stereocenters. The molecule has 2 aromatic carbocycles. The van der Waals surface area contributed by atoms with Gasteiger partial charge in [-0.2, -0.15) is 0 Å². The first-order valence-corrected chi connectivity index (χ1v) is 6.24. The Morgan fingerprint density at radius 3 is 2.00 bits per heavy atom. The van der Waals surface area contributed by atoms with Gasteiger partial charge >= 0.3 is 0 Å². The Kier molecular flexibility index (Phi) is 3.80. The molecular formula is C16H20N2. The van der Waals surface area contributed by atoms with Crippen molar-refractivity contribution in [2.45, 2.75) is 24.9 Å². The van der Waals surface area contributed by atoms with Crippen LogP contribution in [0.25, 0.3) is 0 Å². The van der Waals surface area contributed by atoms with Crippen LogP contribution < -0.4 is 11.5 Å². The molecule has 94 valence electrons. The minimum atomic E-state index is -0.406. The highest BCUT2D eigenvalue weighted by atomic mass is 14.8. The summed E-state index contributed by atoms with van der Waals surface area (Å²) in [7, 11) is 0. The first-order valence-electron chi connectivity index (χ1n) is 6.24. The van der Waals surface area contributed by atoms with E-state index in [1.165, 1.54) is 0 Å². The minimum Gasteiger partial charge on any atom is -0.324 e. The molecule has 0 radical (unpaired) electrons. The quantitative estimate of drug-likeness (QED) is 0.863. The largest absolute Gasteiger partial charge is 0.324 e. The maximum atomic E-state index is 6.40. The third kappa shape index (κ3) is 2.97. The molecule has 2 unspecified atom stereocenters. The average Bonchev–Trinajstić information content (AvgIpc) is 2.40. The molecule has 4 N–H and O–H groups in total. The molecular weight excluding hydrogens is 220 g/mol. The lowest BCUT2D eigenvalue weighted by Gasteiger charge is -2.28. The summed E-state index contributed by atoms with van der Waals surface area (Å²) < 4.78 is 0. The van der Waals surface area contributed by atoms with Gasteiger partial charge in [0.15, 0.2) is 0 Å². The van der Waals surface area contributed by atoms with Crippen LogP contribution in [-0.2, 0) is 5.54 Å². The van der Waals surface area contributed by atoms with Gasteiger partial charge < -0.3 is 11.5 Å². The molecule has 0 amide bonds. The van der Waals surface area contributed by atoms with Gasteiger partial charge in [-0.05, 0) is 24.5 Å². The summed E-state index contributed by atoms with van der Waals surface area (Å²) >= 11 is 0. The third-order valence-electron chi connectivity index (χ3n) is 3.30. The lowest BCUT2D eigenvalue weighted by Crippen LogP contribution is -2.36. The molecule has 2 nitrogen and oxygen atoms in total. The van der Waals surface area contributed by atoms with Crippen molar-refractivity contribution in [1.82, 2.24) is 0 Å². The Bertz CT molecular complexity index is 477. The first-order chi connectivity index (χ1) is 8.59. The highest BCUT2D eigenvalue weighted by molar-refractivity contribution is 5.25. The zero-order valence-corrected chi connectivity index (χ0v) is 10.7. The maximum absolute atomic E-state index is 6.40. The van der Waals surface area contributed by atoms with E-state index < -0.39 is 5.54 Å². The molecule has 0 saturated heterocycles. The van der Waals surface area contributed by atoms with E-state index in [0.717, 1.165) is 17.5 Å². The van der Waals surface area contributed by atoms with Crippen LogP contribution in [0.5, 0.6) is 0 Å². The van der Waals surface area contributed by atoms with Crippen molar-refractivity contribution in [3.05, 3.63) is 71.8 Å². The molecule has 0 fully saturated rings. The number of hydrogen-bond donors (Lipinski definition) is 2. The summed E-state index contributed by atoms with van der Waals surface area (Å²) in [4.78, 5) is 0. The van der Waals surface area contributed by atoms with Gasteiger partial charge in [0, 0.05) is 11.6 Å². The van der Waals surface area contributed by atoms with Crippen LogP contribution in [0.2, 0.25) is 0 Å². The van der Waals surface area contributed by atoms with Crippen molar-refractivity contribution in [3.8, 4) is 0 Å². The van der Waals surface area contributed by atoms with Gasteiger partial charge in [-0.15, -0.1) is 0 Å². The lowest BCUT2D eigenvalue weighted by atomic mass is 9.85. The fourth-order valence-electron chi connectivity index (χ4n) is 2.21. The van der Waals surface area contributed by atoms with E-state index in [4.69, 9.17) is 11.5 Å². The standard InChI is InChI=1S/C16H20N2/c1-16(18,14-10-6-3-7-11-14)12-15(17)13-8-4-2-5-9-13/h2-11,15H,12,17-18H2,1H3. The normalized spacial score (nSPS) is 15.9. The summed E-state index contributed by atoms with van der Waals surface area (Å²) in [6, 6.07) is 20.2. The predicted molar refractivity (Wildman–Crippen MR) is 76.0 cm³/mol. The summed E-state index contributed by atoms with van der Waals surface area (Å²) in [5.74, 6) is 0. The van der Waals surface area contributed by atoms with E-state index in [9.17, 15) is 0 Å². The summed E-state index contributed by atoms with van der Waals surface area (Å²) in [6.07, 6.45) is 0.723. The van der Waals surface area contributed by atoms with E-state index in [-0.39, 0.29) is 6.04 Å². The van der Waals surface area contributed by atoms with Crippen LogP contribution in [0.1, 0.15) is 30.5 Å². The van der Waals surface area contributed by atoms with E-state index in [1.807, 2.05) is 55.5 Å². The molecule has 0 bridgehead atoms. The van der Waals surface area contributed by atoms with E-state index in [2.05, 4.69) is 12.1 Å². The van der Waals surface area contributed by atoms with Crippen LogP contribution in [0.15, 0.2) is 60.7 Å². The highest BCUT2D eigenvalue weighted by Gasteiger charge is 2.24. The molecule has 2 heteroatoms. The summed E-state index contributed by atoms with van der Waals surface area (Å²) in [6.45, 7) is 2.03. The van der Waals surface area contributed by atoms with Crippen LogP contribution in [0.4, 0.5) is 0 Å². The summed E-state index contributed by atoms with van der Waals surface area (Å²) in [5.41, 5.74) is 14.5. The second kappa shape index (κ2) is 5.34. The lowest BCUT2D eigenvalue weighted by molar-refractivity contribution is 0.408. The SMILES string of the molecule is CC(N)(CC(N)c1ccccc1)c1ccccc1. The smallest absolute Gasteiger partial charge is 0.0399 e. The fraction of sp³-hybridized carbons (Fsp3) is 0.250. The molecule has 0 aromatic heterocycles. The van der Waals surface area contributed by atoms with Crippen LogP contribution in [-0.4, -0.2) is 0 Å². The van der Waals surface area contributed by atoms with Gasteiger partial charge in [0.25, 0.3) is 0 Å². The molecule has 0 aliphatic heterocycles. The van der Waals surface area contributed by atoms with Crippen molar-refractivity contribution < 1.29 is 0 Å². The molecule has 2 aromatic rings. The van der Waals surface area contributed by atoms with Gasteiger partial charge in [-0.3, -0.25) is 0 Å². The monoisotopic (exact) mass is 240 g/mol. The maximum Gasteiger partial charge on any atom is 0.0399 e. The van der Waals surface area contributed by atoms with Crippen molar-refractivity contribution in [3.63, 3.8) is 0 Å². The minimum absolute atomic E-state index is 0.0404. The van der Waals surface area contributed by atoms with Crippen LogP contribution in [0, 0.1) is 0 Å². The van der Waals surface area contributed by atoms with Crippen molar-refractivity contribution in [2.24, 2.45) is 11.5 Å². The molecule has 0 saturated carbocycles. The number of rotatable bonds is 4. The highest BCUT2D eigenvalue weighted by Crippen LogP contribution is 2.28. The number of nitrogens with two attached hydrogens (primary N) is 2. The molecule has 0 aliphatic rings. The Balaban J connectivity index is 2.14. The Morgan fingerprint density at radius 2 is 1.44 bits per heavy atom. The second-order valence-corrected chi connectivity index (χ2v) is 5.00. The zero-order chi connectivity index (χ0) is 13.0. The van der Waals surface area contributed by atoms with E-state index >= 15 is 0 Å². The number of benzene rings is 2. The second-order valence-electron chi connectivity index (χ2n) is 5.00. The average molecular weight is 240 g/mol. The van der Waals surface area contributed by atoms with Crippen molar-refractivity contribution in [2.75, 3.05) is 0 Å². The molecule has 0 heterocycles. The number of hydrogen-bond acceptors (Lipinski definition) is 2. The van der Waals surface area contributed by atoms with Crippen molar-refractivity contribution >= 4 is 0 Å².